The molecule has 0 saturated heterocycles. The van der Waals surface area contributed by atoms with Gasteiger partial charge in [-0.2, -0.15) is 0 Å². The number of benzene rings is 1. The molecule has 26 heavy (non-hydrogen) atoms. The Bertz CT molecular complexity index is 756. The molecule has 1 unspecified atom stereocenters. The fourth-order valence-electron chi connectivity index (χ4n) is 1.87. The van der Waals surface area contributed by atoms with Crippen LogP contribution in [-0.4, -0.2) is 37.7 Å². The third-order valence-corrected chi connectivity index (χ3v) is 4.12. The zero-order valence-corrected chi connectivity index (χ0v) is 15.4. The summed E-state index contributed by atoms with van der Waals surface area (Å²) in [5.41, 5.74) is 0.0171. The monoisotopic (exact) mass is 389 g/mol. The number of rotatable bonds is 5. The van der Waals surface area contributed by atoms with Gasteiger partial charge in [-0.25, -0.2) is 4.68 Å². The van der Waals surface area contributed by atoms with E-state index in [1.54, 1.807) is 11.6 Å². The van der Waals surface area contributed by atoms with E-state index in [0.29, 0.717) is 10.8 Å². The summed E-state index contributed by atoms with van der Waals surface area (Å²) in [6.07, 6.45) is -4.76. The molecule has 2 rings (SSSR count). The molecule has 1 atom stereocenters. The molecule has 7 nitrogen and oxygen atoms in total. The van der Waals surface area contributed by atoms with Crippen LogP contribution >= 0.6 is 11.8 Å². The van der Waals surface area contributed by atoms with Crippen LogP contribution in [0.4, 0.5) is 18.9 Å². The SMILES string of the molecule is CC(Sc1nnnn1C(C)(C)C)C(=O)Nc1ccc(OC(F)(F)F)cc1. The van der Waals surface area contributed by atoms with Crippen LogP contribution in [0.2, 0.25) is 0 Å². The number of aromatic nitrogens is 4. The number of nitrogens with one attached hydrogen (secondary N) is 1. The quantitative estimate of drug-likeness (QED) is 0.789. The first-order valence-electron chi connectivity index (χ1n) is 7.58. The lowest BCUT2D eigenvalue weighted by Crippen LogP contribution is -2.27. The van der Waals surface area contributed by atoms with Crippen molar-refractivity contribution in [1.29, 1.82) is 0 Å². The van der Waals surface area contributed by atoms with Crippen molar-refractivity contribution in [1.82, 2.24) is 20.2 Å². The molecule has 0 bridgehead atoms. The standard InChI is InChI=1S/C15H18F3N5O2S/c1-9(26-13-20-21-22-23(13)14(2,3)4)12(24)19-10-5-7-11(8-6-10)25-15(16,17)18/h5-9H,1-4H3,(H,19,24). The largest absolute Gasteiger partial charge is 0.573 e. The number of anilines is 1. The summed E-state index contributed by atoms with van der Waals surface area (Å²) >= 11 is 1.18. The van der Waals surface area contributed by atoms with Crippen molar-refractivity contribution in [2.75, 3.05) is 5.32 Å². The Morgan fingerprint density at radius 3 is 2.38 bits per heavy atom. The summed E-state index contributed by atoms with van der Waals surface area (Å²) in [6, 6.07) is 4.91. The average molecular weight is 389 g/mol. The number of nitrogens with zero attached hydrogens (tertiary/aromatic N) is 4. The summed E-state index contributed by atoms with van der Waals surface area (Å²) in [5.74, 6) is -0.690. The fourth-order valence-corrected chi connectivity index (χ4v) is 2.84. The summed E-state index contributed by atoms with van der Waals surface area (Å²) in [7, 11) is 0. The van der Waals surface area contributed by atoms with Crippen LogP contribution in [0.3, 0.4) is 0 Å². The third-order valence-electron chi connectivity index (χ3n) is 3.08. The fraction of sp³-hybridized carbons (Fsp3) is 0.467. The number of hydrogen-bond donors (Lipinski definition) is 1. The molecule has 142 valence electrons. The number of ether oxygens (including phenoxy) is 1. The number of hydrogen-bond acceptors (Lipinski definition) is 6. The number of alkyl halides is 3. The van der Waals surface area contributed by atoms with Crippen molar-refractivity contribution in [3.8, 4) is 5.75 Å². The van der Waals surface area contributed by atoms with Crippen molar-refractivity contribution in [3.63, 3.8) is 0 Å². The normalized spacial score (nSPS) is 13.3. The maximum absolute atomic E-state index is 12.3. The second-order valence-corrected chi connectivity index (χ2v) is 7.67. The molecule has 1 heterocycles. The summed E-state index contributed by atoms with van der Waals surface area (Å²) < 4.78 is 41.8. The van der Waals surface area contributed by atoms with Crippen molar-refractivity contribution < 1.29 is 22.7 Å². The minimum Gasteiger partial charge on any atom is -0.406 e. The number of carbonyl (C=O) groups is 1. The smallest absolute Gasteiger partial charge is 0.406 e. The van der Waals surface area contributed by atoms with Gasteiger partial charge in [-0.1, -0.05) is 11.8 Å². The molecule has 1 aromatic heterocycles. The van der Waals surface area contributed by atoms with Gasteiger partial charge in [-0.3, -0.25) is 4.79 Å². The van der Waals surface area contributed by atoms with E-state index < -0.39 is 11.6 Å². The summed E-state index contributed by atoms with van der Waals surface area (Å²) in [4.78, 5) is 12.3. The number of halogens is 3. The lowest BCUT2D eigenvalue weighted by Gasteiger charge is -2.20. The summed E-state index contributed by atoms with van der Waals surface area (Å²) in [6.45, 7) is 7.48. The van der Waals surface area contributed by atoms with Gasteiger partial charge in [0.2, 0.25) is 11.1 Å². The highest BCUT2D eigenvalue weighted by Crippen LogP contribution is 2.27. The highest BCUT2D eigenvalue weighted by molar-refractivity contribution is 8.00. The van der Waals surface area contributed by atoms with Crippen molar-refractivity contribution in [2.24, 2.45) is 0 Å². The highest BCUT2D eigenvalue weighted by Gasteiger charge is 2.31. The molecule has 0 aliphatic heterocycles. The van der Waals surface area contributed by atoms with Gasteiger partial charge in [-0.05, 0) is 62.4 Å². The Balaban J connectivity index is 1.98. The maximum atomic E-state index is 12.3. The zero-order chi connectivity index (χ0) is 19.5. The van der Waals surface area contributed by atoms with Gasteiger partial charge in [0, 0.05) is 5.69 Å². The predicted molar refractivity (Wildman–Crippen MR) is 89.9 cm³/mol. The van der Waals surface area contributed by atoms with E-state index in [9.17, 15) is 18.0 Å². The molecule has 1 amide bonds. The molecular weight excluding hydrogens is 371 g/mol. The maximum Gasteiger partial charge on any atom is 0.573 e. The highest BCUT2D eigenvalue weighted by atomic mass is 32.2. The van der Waals surface area contributed by atoms with E-state index in [-0.39, 0.29) is 17.2 Å². The van der Waals surface area contributed by atoms with Crippen LogP contribution in [0.1, 0.15) is 27.7 Å². The second-order valence-electron chi connectivity index (χ2n) is 6.37. The van der Waals surface area contributed by atoms with Gasteiger partial charge < -0.3 is 10.1 Å². The van der Waals surface area contributed by atoms with Crippen LogP contribution < -0.4 is 10.1 Å². The molecule has 0 aliphatic carbocycles. The number of amides is 1. The Morgan fingerprint density at radius 2 is 1.85 bits per heavy atom. The van der Waals surface area contributed by atoms with E-state index in [1.165, 1.54) is 23.9 Å². The lowest BCUT2D eigenvalue weighted by atomic mass is 10.1. The molecule has 0 fully saturated rings. The predicted octanol–water partition coefficient (Wildman–Crippen LogP) is 3.45. The molecule has 11 heteroatoms. The van der Waals surface area contributed by atoms with E-state index in [2.05, 4.69) is 25.6 Å². The van der Waals surface area contributed by atoms with Crippen molar-refractivity contribution in [3.05, 3.63) is 24.3 Å². The molecule has 1 N–H and O–H groups in total. The number of carbonyl (C=O) groups excluding carboxylic acids is 1. The number of thioether (sulfide) groups is 1. The van der Waals surface area contributed by atoms with E-state index in [0.717, 1.165) is 12.1 Å². The lowest BCUT2D eigenvalue weighted by molar-refractivity contribution is -0.274. The Kier molecular flexibility index (Phi) is 5.79. The van der Waals surface area contributed by atoms with Gasteiger partial charge in [0.15, 0.2) is 0 Å². The Morgan fingerprint density at radius 1 is 1.23 bits per heavy atom. The van der Waals surface area contributed by atoms with Crippen LogP contribution in [-0.2, 0) is 10.3 Å². The minimum absolute atomic E-state index is 0.331. The molecule has 0 saturated carbocycles. The average Bonchev–Trinajstić information content (AvgIpc) is 2.96. The van der Waals surface area contributed by atoms with Gasteiger partial charge >= 0.3 is 6.36 Å². The van der Waals surface area contributed by atoms with Crippen LogP contribution in [0.5, 0.6) is 5.75 Å². The number of tetrazole rings is 1. The van der Waals surface area contributed by atoms with Gasteiger partial charge in [-0.15, -0.1) is 18.3 Å². The van der Waals surface area contributed by atoms with E-state index in [4.69, 9.17) is 0 Å². The van der Waals surface area contributed by atoms with Crippen molar-refractivity contribution in [2.45, 2.75) is 50.0 Å². The third kappa shape index (κ3) is 5.61. The van der Waals surface area contributed by atoms with Crippen LogP contribution in [0.15, 0.2) is 29.4 Å². The minimum atomic E-state index is -4.76. The molecule has 1 aromatic carbocycles. The zero-order valence-electron chi connectivity index (χ0n) is 14.5. The van der Waals surface area contributed by atoms with E-state index in [1.807, 2.05) is 20.8 Å². The molecule has 2 aromatic rings. The first-order valence-corrected chi connectivity index (χ1v) is 8.46. The molecule has 0 spiro atoms. The second kappa shape index (κ2) is 7.52. The van der Waals surface area contributed by atoms with Gasteiger partial charge in [0.25, 0.3) is 0 Å². The first-order chi connectivity index (χ1) is 12.0. The van der Waals surface area contributed by atoms with Gasteiger partial charge in [0.05, 0.1) is 10.8 Å². The van der Waals surface area contributed by atoms with Gasteiger partial charge in [0.1, 0.15) is 5.75 Å². The van der Waals surface area contributed by atoms with E-state index >= 15 is 0 Å². The molecule has 0 aliphatic rings. The molecule has 0 radical (unpaired) electrons. The first kappa shape index (κ1) is 20.0. The summed E-state index contributed by atoms with van der Waals surface area (Å²) in [5, 5.41) is 14.1. The van der Waals surface area contributed by atoms with Crippen LogP contribution in [0.25, 0.3) is 0 Å². The van der Waals surface area contributed by atoms with Crippen molar-refractivity contribution >= 4 is 23.4 Å². The molecular formula is C15H18F3N5O2S. The Labute approximate surface area is 152 Å². The topological polar surface area (TPSA) is 81.9 Å². The Hall–Kier alpha value is -2.30. The van der Waals surface area contributed by atoms with Crippen LogP contribution in [0, 0.1) is 0 Å².